The Morgan fingerprint density at radius 2 is 2.04 bits per heavy atom. The normalized spacial score (nSPS) is 28.3. The number of morpholine rings is 1. The lowest BCUT2D eigenvalue weighted by molar-refractivity contribution is -0.138. The number of fused-ring (bicyclic) bond motifs is 1. The molecule has 3 rings (SSSR count). The van der Waals surface area contributed by atoms with Crippen molar-refractivity contribution in [2.45, 2.75) is 62.9 Å². The minimum absolute atomic E-state index is 0.0532. The van der Waals surface area contributed by atoms with Gasteiger partial charge in [-0.05, 0) is 38.6 Å². The highest BCUT2D eigenvalue weighted by molar-refractivity contribution is 5.74. The fourth-order valence-corrected chi connectivity index (χ4v) is 3.71. The monoisotopic (exact) mass is 349 g/mol. The van der Waals surface area contributed by atoms with Crippen molar-refractivity contribution in [2.24, 2.45) is 0 Å². The van der Waals surface area contributed by atoms with Gasteiger partial charge in [-0.1, -0.05) is 0 Å². The molecule has 0 aromatic rings. The van der Waals surface area contributed by atoms with Crippen LogP contribution < -0.4 is 5.32 Å². The molecule has 0 radical (unpaired) electrons. The molecule has 0 unspecified atom stereocenters. The van der Waals surface area contributed by atoms with Crippen molar-refractivity contribution in [3.63, 3.8) is 0 Å². The van der Waals surface area contributed by atoms with Crippen LogP contribution in [-0.2, 0) is 4.74 Å². The average molecular weight is 349 g/mol. The van der Waals surface area contributed by atoms with Crippen LogP contribution in [0.1, 0.15) is 38.5 Å². The summed E-state index contributed by atoms with van der Waals surface area (Å²) in [4.78, 5) is 16.1. The highest BCUT2D eigenvalue weighted by Gasteiger charge is 2.35. The number of nitrogens with one attached hydrogen (secondary N) is 1. The maximum atomic E-state index is 12.5. The highest BCUT2D eigenvalue weighted by atomic mass is 19.4. The van der Waals surface area contributed by atoms with Crippen LogP contribution in [0.25, 0.3) is 0 Å². The van der Waals surface area contributed by atoms with Crippen molar-refractivity contribution in [2.75, 3.05) is 32.8 Å². The van der Waals surface area contributed by atoms with Crippen LogP contribution in [0.4, 0.5) is 18.0 Å². The van der Waals surface area contributed by atoms with E-state index in [1.165, 1.54) is 11.3 Å². The van der Waals surface area contributed by atoms with Gasteiger partial charge >= 0.3 is 12.2 Å². The molecule has 138 valence electrons. The molecule has 3 fully saturated rings. The Hall–Kier alpha value is -1.02. The van der Waals surface area contributed by atoms with Crippen molar-refractivity contribution >= 4 is 6.03 Å². The third-order valence-corrected chi connectivity index (χ3v) is 5.35. The third-order valence-electron chi connectivity index (χ3n) is 5.35. The number of halogens is 3. The van der Waals surface area contributed by atoms with Gasteiger partial charge in [-0.15, -0.1) is 0 Å². The van der Waals surface area contributed by atoms with E-state index in [2.05, 4.69) is 10.2 Å². The topological polar surface area (TPSA) is 44.8 Å². The van der Waals surface area contributed by atoms with Crippen molar-refractivity contribution in [3.05, 3.63) is 0 Å². The zero-order chi connectivity index (χ0) is 17.2. The molecule has 3 aliphatic rings. The number of rotatable bonds is 5. The molecule has 0 spiro atoms. The van der Waals surface area contributed by atoms with Crippen molar-refractivity contribution in [1.82, 2.24) is 15.1 Å². The van der Waals surface area contributed by atoms with Crippen LogP contribution in [-0.4, -0.2) is 73.0 Å². The van der Waals surface area contributed by atoms with E-state index in [1.807, 2.05) is 0 Å². The van der Waals surface area contributed by atoms with Crippen LogP contribution >= 0.6 is 0 Å². The van der Waals surface area contributed by atoms with E-state index in [4.69, 9.17) is 4.74 Å². The fourth-order valence-electron chi connectivity index (χ4n) is 3.71. The summed E-state index contributed by atoms with van der Waals surface area (Å²) in [7, 11) is 0. The SMILES string of the molecule is O=C(NC[C@H]1CN2CCC[C@H]2CO1)N(CCC(F)(F)F)C1CCC1. The first-order chi connectivity index (χ1) is 11.4. The lowest BCUT2D eigenvalue weighted by Crippen LogP contribution is -2.54. The number of urea groups is 1. The Morgan fingerprint density at radius 1 is 1.25 bits per heavy atom. The minimum Gasteiger partial charge on any atom is -0.373 e. The van der Waals surface area contributed by atoms with Crippen molar-refractivity contribution in [1.29, 1.82) is 0 Å². The van der Waals surface area contributed by atoms with E-state index in [9.17, 15) is 18.0 Å². The standard InChI is InChI=1S/C16H26F3N3O2/c17-16(18,19)6-8-22(12-3-1-4-12)15(23)20-9-14-10-21-7-2-5-13(21)11-24-14/h12-14H,1-11H2,(H,20,23)/t13-,14-/m0/s1. The van der Waals surface area contributed by atoms with Crippen molar-refractivity contribution < 1.29 is 22.7 Å². The molecule has 2 heterocycles. The van der Waals surface area contributed by atoms with Gasteiger partial charge in [-0.25, -0.2) is 4.79 Å². The molecule has 8 heteroatoms. The molecule has 2 aliphatic heterocycles. The maximum absolute atomic E-state index is 12.5. The second-order valence-electron chi connectivity index (χ2n) is 7.08. The zero-order valence-electron chi connectivity index (χ0n) is 13.9. The molecule has 1 aliphatic carbocycles. The summed E-state index contributed by atoms with van der Waals surface area (Å²) in [5.41, 5.74) is 0. The van der Waals surface area contributed by atoms with Crippen molar-refractivity contribution in [3.8, 4) is 0 Å². The summed E-state index contributed by atoms with van der Waals surface area (Å²) in [5, 5.41) is 2.79. The lowest BCUT2D eigenvalue weighted by Gasteiger charge is -2.39. The van der Waals surface area contributed by atoms with Gasteiger partial charge in [0.15, 0.2) is 0 Å². The summed E-state index contributed by atoms with van der Waals surface area (Å²) in [5.74, 6) is 0. The smallest absolute Gasteiger partial charge is 0.373 e. The minimum atomic E-state index is -4.24. The van der Waals surface area contributed by atoms with E-state index in [0.717, 1.165) is 38.8 Å². The number of carbonyl (C=O) groups is 1. The van der Waals surface area contributed by atoms with Gasteiger partial charge in [0.25, 0.3) is 0 Å². The number of carbonyl (C=O) groups excluding carboxylic acids is 1. The quantitative estimate of drug-likeness (QED) is 0.829. The van der Waals surface area contributed by atoms with Crippen LogP contribution in [0.15, 0.2) is 0 Å². The second-order valence-corrected chi connectivity index (χ2v) is 7.08. The molecule has 2 amide bonds. The number of hydrogen-bond donors (Lipinski definition) is 1. The first kappa shape index (κ1) is 17.8. The van der Waals surface area contributed by atoms with Gasteiger partial charge in [0, 0.05) is 31.7 Å². The van der Waals surface area contributed by atoms with E-state index < -0.39 is 18.6 Å². The van der Waals surface area contributed by atoms with Crippen LogP contribution in [0.2, 0.25) is 0 Å². The summed E-state index contributed by atoms with van der Waals surface area (Å²) in [6, 6.07) is 0.0499. The highest BCUT2D eigenvalue weighted by Crippen LogP contribution is 2.28. The summed E-state index contributed by atoms with van der Waals surface area (Å²) < 4.78 is 43.2. The predicted octanol–water partition coefficient (Wildman–Crippen LogP) is 2.37. The van der Waals surface area contributed by atoms with Gasteiger partial charge in [-0.2, -0.15) is 13.2 Å². The van der Waals surface area contributed by atoms with Crippen LogP contribution in [0.5, 0.6) is 0 Å². The van der Waals surface area contributed by atoms with Gasteiger partial charge in [0.2, 0.25) is 0 Å². The Balaban J connectivity index is 1.46. The number of alkyl halides is 3. The Kier molecular flexibility index (Phi) is 5.54. The first-order valence-corrected chi connectivity index (χ1v) is 8.89. The lowest BCUT2D eigenvalue weighted by atomic mass is 9.91. The first-order valence-electron chi connectivity index (χ1n) is 8.89. The Morgan fingerprint density at radius 3 is 2.71 bits per heavy atom. The maximum Gasteiger partial charge on any atom is 0.390 e. The van der Waals surface area contributed by atoms with E-state index in [0.29, 0.717) is 19.2 Å². The zero-order valence-corrected chi connectivity index (χ0v) is 13.9. The third kappa shape index (κ3) is 4.53. The van der Waals surface area contributed by atoms with E-state index >= 15 is 0 Å². The predicted molar refractivity (Wildman–Crippen MR) is 82.8 cm³/mol. The van der Waals surface area contributed by atoms with Crippen LogP contribution in [0, 0.1) is 0 Å². The van der Waals surface area contributed by atoms with E-state index in [-0.39, 0.29) is 18.7 Å². The number of nitrogens with zero attached hydrogens (tertiary/aromatic N) is 2. The molecule has 5 nitrogen and oxygen atoms in total. The molecule has 0 bridgehead atoms. The molecule has 0 aromatic heterocycles. The molecule has 1 saturated carbocycles. The van der Waals surface area contributed by atoms with Gasteiger partial charge < -0.3 is 15.0 Å². The molecule has 24 heavy (non-hydrogen) atoms. The fraction of sp³-hybridized carbons (Fsp3) is 0.938. The van der Waals surface area contributed by atoms with Gasteiger partial charge in [0.05, 0.1) is 19.1 Å². The summed E-state index contributed by atoms with van der Waals surface area (Å²) in [6.07, 6.45) is -0.365. The molecule has 2 saturated heterocycles. The average Bonchev–Trinajstić information content (AvgIpc) is 2.93. The summed E-state index contributed by atoms with van der Waals surface area (Å²) >= 11 is 0. The molecular weight excluding hydrogens is 323 g/mol. The molecule has 2 atom stereocenters. The number of amides is 2. The van der Waals surface area contributed by atoms with Gasteiger partial charge in [0.1, 0.15) is 0 Å². The van der Waals surface area contributed by atoms with Gasteiger partial charge in [-0.3, -0.25) is 4.90 Å². The molecular formula is C16H26F3N3O2. The molecule has 1 N–H and O–H groups in total. The number of ether oxygens (including phenoxy) is 1. The number of hydrogen-bond acceptors (Lipinski definition) is 3. The Bertz CT molecular complexity index is 443. The summed E-state index contributed by atoms with van der Waals surface area (Å²) in [6.45, 7) is 2.63. The Labute approximate surface area is 140 Å². The second kappa shape index (κ2) is 7.47. The van der Waals surface area contributed by atoms with E-state index in [1.54, 1.807) is 0 Å². The largest absolute Gasteiger partial charge is 0.390 e. The van der Waals surface area contributed by atoms with Crippen LogP contribution in [0.3, 0.4) is 0 Å². The molecule has 0 aromatic carbocycles.